The first-order valence-corrected chi connectivity index (χ1v) is 10.6. The number of carbonyl (C=O) groups is 1. The monoisotopic (exact) mass is 399 g/mol. The number of likely N-dealkylation sites (tertiary alicyclic amines) is 1. The van der Waals surface area contributed by atoms with Crippen LogP contribution in [0.1, 0.15) is 28.8 Å². The SMILES string of the molecule is O=C(c1ccco1)N1CC2(C1)C(c1nc(-c3ccccc3)no1)CCS2(=O)=O. The maximum absolute atomic E-state index is 12.8. The van der Waals surface area contributed by atoms with Gasteiger partial charge in [-0.25, -0.2) is 8.42 Å². The molecule has 0 saturated carbocycles. The molecule has 28 heavy (non-hydrogen) atoms. The average molecular weight is 399 g/mol. The van der Waals surface area contributed by atoms with Gasteiger partial charge in [-0.15, -0.1) is 0 Å². The summed E-state index contributed by atoms with van der Waals surface area (Å²) in [4.78, 5) is 18.4. The Bertz CT molecular complexity index is 1120. The summed E-state index contributed by atoms with van der Waals surface area (Å²) in [5.41, 5.74) is 0.802. The molecule has 1 amide bonds. The fraction of sp³-hybridized carbons (Fsp3) is 0.316. The van der Waals surface area contributed by atoms with E-state index >= 15 is 0 Å². The third kappa shape index (κ3) is 2.42. The van der Waals surface area contributed by atoms with Gasteiger partial charge in [-0.2, -0.15) is 4.98 Å². The topological polar surface area (TPSA) is 107 Å². The van der Waals surface area contributed by atoms with Crippen LogP contribution in [0.25, 0.3) is 11.4 Å². The number of furan rings is 1. The van der Waals surface area contributed by atoms with Crippen molar-refractivity contribution in [3.63, 3.8) is 0 Å². The molecular weight excluding hydrogens is 382 g/mol. The van der Waals surface area contributed by atoms with E-state index in [1.165, 1.54) is 11.2 Å². The van der Waals surface area contributed by atoms with E-state index in [0.717, 1.165) is 5.56 Å². The first-order chi connectivity index (χ1) is 13.5. The second kappa shape index (κ2) is 6.03. The molecule has 1 atom stereocenters. The van der Waals surface area contributed by atoms with Crippen LogP contribution in [-0.4, -0.2) is 53.0 Å². The molecule has 3 aromatic rings. The number of amides is 1. The predicted octanol–water partition coefficient (Wildman–Crippen LogP) is 2.13. The van der Waals surface area contributed by atoms with Gasteiger partial charge in [0.15, 0.2) is 15.6 Å². The standard InChI is InChI=1S/C19H17N3O5S/c23-18(15-7-4-9-26-15)22-11-19(12-22)14(8-10-28(19,24)25)17-20-16(21-27-17)13-5-2-1-3-6-13/h1-7,9,14H,8,10-12H2. The average Bonchev–Trinajstić information content (AvgIpc) is 3.39. The van der Waals surface area contributed by atoms with E-state index in [2.05, 4.69) is 10.1 Å². The number of aromatic nitrogens is 2. The molecule has 2 saturated heterocycles. The second-order valence-electron chi connectivity index (χ2n) is 7.19. The van der Waals surface area contributed by atoms with Gasteiger partial charge >= 0.3 is 0 Å². The number of hydrogen-bond donors (Lipinski definition) is 0. The zero-order chi connectivity index (χ0) is 19.4. The second-order valence-corrected chi connectivity index (χ2v) is 9.64. The minimum atomic E-state index is -3.39. The van der Waals surface area contributed by atoms with Crippen molar-refractivity contribution in [3.8, 4) is 11.4 Å². The number of carbonyl (C=O) groups excluding carboxylic acids is 1. The molecule has 2 aliphatic rings. The highest BCUT2D eigenvalue weighted by molar-refractivity contribution is 7.93. The van der Waals surface area contributed by atoms with E-state index in [1.54, 1.807) is 12.1 Å². The van der Waals surface area contributed by atoms with Gasteiger partial charge in [-0.3, -0.25) is 4.79 Å². The molecule has 1 unspecified atom stereocenters. The van der Waals surface area contributed by atoms with E-state index < -0.39 is 20.5 Å². The molecule has 0 aliphatic carbocycles. The first kappa shape index (κ1) is 17.2. The number of rotatable bonds is 3. The van der Waals surface area contributed by atoms with Crippen molar-refractivity contribution in [1.29, 1.82) is 0 Å². The number of benzene rings is 1. The minimum absolute atomic E-state index is 0.0451. The molecule has 9 heteroatoms. The lowest BCUT2D eigenvalue weighted by molar-refractivity contribution is 0.0472. The van der Waals surface area contributed by atoms with Crippen LogP contribution < -0.4 is 0 Å². The van der Waals surface area contributed by atoms with Gasteiger partial charge < -0.3 is 13.8 Å². The number of nitrogens with zero attached hydrogens (tertiary/aromatic N) is 3. The molecule has 0 bridgehead atoms. The zero-order valence-corrected chi connectivity index (χ0v) is 15.6. The maximum atomic E-state index is 12.8. The Morgan fingerprint density at radius 3 is 2.64 bits per heavy atom. The van der Waals surface area contributed by atoms with E-state index in [4.69, 9.17) is 8.94 Å². The summed E-state index contributed by atoms with van der Waals surface area (Å²) in [7, 11) is -3.39. The van der Waals surface area contributed by atoms with Crippen LogP contribution in [0, 0.1) is 0 Å². The van der Waals surface area contributed by atoms with Crippen LogP contribution >= 0.6 is 0 Å². The molecule has 4 heterocycles. The lowest BCUT2D eigenvalue weighted by Crippen LogP contribution is -2.67. The Kier molecular flexibility index (Phi) is 3.70. The molecule has 144 valence electrons. The molecule has 0 N–H and O–H groups in total. The smallest absolute Gasteiger partial charge is 0.289 e. The zero-order valence-electron chi connectivity index (χ0n) is 14.8. The van der Waals surface area contributed by atoms with E-state index in [1.807, 2.05) is 30.3 Å². The van der Waals surface area contributed by atoms with Gasteiger partial charge in [0.05, 0.1) is 17.9 Å². The van der Waals surface area contributed by atoms with Crippen molar-refractivity contribution in [2.24, 2.45) is 0 Å². The van der Waals surface area contributed by atoms with Crippen LogP contribution in [-0.2, 0) is 9.84 Å². The van der Waals surface area contributed by atoms with Crippen molar-refractivity contribution < 1.29 is 22.2 Å². The summed E-state index contributed by atoms with van der Waals surface area (Å²) in [6.45, 7) is 0.200. The Labute approximate surface area is 161 Å². The summed E-state index contributed by atoms with van der Waals surface area (Å²) in [5, 5.41) is 4.02. The van der Waals surface area contributed by atoms with Crippen molar-refractivity contribution >= 4 is 15.7 Å². The Morgan fingerprint density at radius 1 is 1.14 bits per heavy atom. The van der Waals surface area contributed by atoms with E-state index in [-0.39, 0.29) is 30.5 Å². The van der Waals surface area contributed by atoms with Crippen molar-refractivity contribution in [2.75, 3.05) is 18.8 Å². The molecule has 2 aliphatic heterocycles. The molecule has 1 spiro atoms. The molecule has 2 fully saturated rings. The summed E-state index contributed by atoms with van der Waals surface area (Å²) < 4.78 is 35.2. The molecule has 8 nitrogen and oxygen atoms in total. The molecule has 5 rings (SSSR count). The Morgan fingerprint density at radius 2 is 1.93 bits per heavy atom. The van der Waals surface area contributed by atoms with Crippen molar-refractivity contribution in [1.82, 2.24) is 15.0 Å². The van der Waals surface area contributed by atoms with Crippen LogP contribution in [0.15, 0.2) is 57.7 Å². The predicted molar refractivity (Wildman–Crippen MR) is 98.2 cm³/mol. The lowest BCUT2D eigenvalue weighted by Gasteiger charge is -2.48. The normalized spacial score (nSPS) is 22.3. The van der Waals surface area contributed by atoms with E-state index in [0.29, 0.717) is 18.1 Å². The fourth-order valence-electron chi connectivity index (χ4n) is 4.10. The van der Waals surface area contributed by atoms with Crippen LogP contribution in [0.5, 0.6) is 0 Å². The summed E-state index contributed by atoms with van der Waals surface area (Å²) in [5.74, 6) is 0.243. The van der Waals surface area contributed by atoms with Gasteiger partial charge in [0.1, 0.15) is 4.75 Å². The highest BCUT2D eigenvalue weighted by atomic mass is 32.2. The van der Waals surface area contributed by atoms with Crippen LogP contribution in [0.3, 0.4) is 0 Å². The highest BCUT2D eigenvalue weighted by Crippen LogP contribution is 2.49. The van der Waals surface area contributed by atoms with Crippen LogP contribution in [0.2, 0.25) is 0 Å². The van der Waals surface area contributed by atoms with Gasteiger partial charge in [0.2, 0.25) is 11.7 Å². The summed E-state index contributed by atoms with van der Waals surface area (Å²) in [6.07, 6.45) is 1.82. The lowest BCUT2D eigenvalue weighted by atomic mass is 9.83. The fourth-order valence-corrected chi connectivity index (χ4v) is 6.41. The molecule has 2 aromatic heterocycles. The Balaban J connectivity index is 1.43. The Hall–Kier alpha value is -2.94. The number of hydrogen-bond acceptors (Lipinski definition) is 7. The molecular formula is C19H17N3O5S. The van der Waals surface area contributed by atoms with E-state index in [9.17, 15) is 13.2 Å². The van der Waals surface area contributed by atoms with Gasteiger partial charge in [0.25, 0.3) is 5.91 Å². The van der Waals surface area contributed by atoms with Crippen molar-refractivity contribution in [2.45, 2.75) is 17.1 Å². The van der Waals surface area contributed by atoms with Crippen molar-refractivity contribution in [3.05, 3.63) is 60.4 Å². The highest BCUT2D eigenvalue weighted by Gasteiger charge is 2.64. The number of sulfone groups is 1. The summed E-state index contributed by atoms with van der Waals surface area (Å²) >= 11 is 0. The van der Waals surface area contributed by atoms with Gasteiger partial charge in [0, 0.05) is 18.7 Å². The van der Waals surface area contributed by atoms with Crippen LogP contribution in [0.4, 0.5) is 0 Å². The minimum Gasteiger partial charge on any atom is -0.459 e. The third-order valence-corrected chi connectivity index (χ3v) is 8.19. The van der Waals surface area contributed by atoms with Gasteiger partial charge in [-0.1, -0.05) is 35.5 Å². The van der Waals surface area contributed by atoms with Gasteiger partial charge in [-0.05, 0) is 18.6 Å². The first-order valence-electron chi connectivity index (χ1n) is 8.94. The largest absolute Gasteiger partial charge is 0.459 e. The molecule has 0 radical (unpaired) electrons. The molecule has 1 aromatic carbocycles. The quantitative estimate of drug-likeness (QED) is 0.664. The maximum Gasteiger partial charge on any atom is 0.289 e. The third-order valence-electron chi connectivity index (χ3n) is 5.64. The summed E-state index contributed by atoms with van der Waals surface area (Å²) in [6, 6.07) is 12.6.